The number of rotatable bonds is 2. The fraction of sp³-hybridized carbons (Fsp3) is 0.500. The van der Waals surface area contributed by atoms with Gasteiger partial charge in [-0.1, -0.05) is 26.8 Å². The molecule has 2 aromatic rings. The van der Waals surface area contributed by atoms with E-state index in [-0.39, 0.29) is 5.41 Å². The molecule has 0 atom stereocenters. The van der Waals surface area contributed by atoms with E-state index in [4.69, 9.17) is 10.7 Å². The van der Waals surface area contributed by atoms with Crippen LogP contribution < -0.4 is 5.73 Å². The first-order chi connectivity index (χ1) is 7.97. The second-order valence-electron chi connectivity index (χ2n) is 5.46. The molecule has 0 spiro atoms. The summed E-state index contributed by atoms with van der Waals surface area (Å²) in [4.78, 5) is 4.77. The van der Waals surface area contributed by atoms with Gasteiger partial charge in [-0.15, -0.1) is 0 Å². The molecule has 1 aromatic heterocycles. The highest BCUT2D eigenvalue weighted by atomic mass is 15.1. The van der Waals surface area contributed by atoms with Gasteiger partial charge in [0, 0.05) is 18.5 Å². The van der Waals surface area contributed by atoms with Crippen molar-refractivity contribution in [3.8, 4) is 0 Å². The van der Waals surface area contributed by atoms with Crippen LogP contribution in [0.15, 0.2) is 18.2 Å². The quantitative estimate of drug-likeness (QED) is 0.863. The molecule has 0 fully saturated rings. The molecule has 0 aliphatic heterocycles. The van der Waals surface area contributed by atoms with Crippen molar-refractivity contribution in [2.24, 2.45) is 5.73 Å². The summed E-state index contributed by atoms with van der Waals surface area (Å²) in [5.41, 5.74) is 9.13. The zero-order valence-electron chi connectivity index (χ0n) is 11.1. The Kier molecular flexibility index (Phi) is 2.96. The standard InChI is InChI=1S/C14H21N3/c1-5-17-12-7-6-10(9-15)8-11(12)16-13(17)14(2,3)4/h6-8H,5,9,15H2,1-4H3. The van der Waals surface area contributed by atoms with Gasteiger partial charge in [0.2, 0.25) is 0 Å². The van der Waals surface area contributed by atoms with Crippen molar-refractivity contribution in [1.82, 2.24) is 9.55 Å². The van der Waals surface area contributed by atoms with Crippen LogP contribution in [0.1, 0.15) is 39.1 Å². The molecule has 1 heterocycles. The summed E-state index contributed by atoms with van der Waals surface area (Å²) in [6.07, 6.45) is 0. The highest BCUT2D eigenvalue weighted by molar-refractivity contribution is 5.77. The predicted octanol–water partition coefficient (Wildman–Crippen LogP) is 2.81. The molecule has 0 aliphatic rings. The Morgan fingerprint density at radius 1 is 1.29 bits per heavy atom. The van der Waals surface area contributed by atoms with Gasteiger partial charge in [-0.05, 0) is 24.6 Å². The monoisotopic (exact) mass is 231 g/mol. The molecule has 0 aliphatic carbocycles. The van der Waals surface area contributed by atoms with Crippen molar-refractivity contribution in [2.45, 2.75) is 46.2 Å². The average Bonchev–Trinajstić information content (AvgIpc) is 2.65. The lowest BCUT2D eigenvalue weighted by Gasteiger charge is -2.19. The second kappa shape index (κ2) is 4.15. The summed E-state index contributed by atoms with van der Waals surface area (Å²) < 4.78 is 2.29. The minimum Gasteiger partial charge on any atom is -0.328 e. The van der Waals surface area contributed by atoms with Crippen LogP contribution in [0.2, 0.25) is 0 Å². The zero-order valence-corrected chi connectivity index (χ0v) is 11.1. The molecule has 2 rings (SSSR count). The molecule has 3 nitrogen and oxygen atoms in total. The Morgan fingerprint density at radius 2 is 2.00 bits per heavy atom. The van der Waals surface area contributed by atoms with Crippen LogP contribution in [0.4, 0.5) is 0 Å². The molecule has 1 aromatic carbocycles. The van der Waals surface area contributed by atoms with E-state index in [1.165, 1.54) is 5.52 Å². The van der Waals surface area contributed by atoms with E-state index in [9.17, 15) is 0 Å². The SMILES string of the molecule is CCn1c(C(C)(C)C)nc2cc(CN)ccc21. The van der Waals surface area contributed by atoms with Gasteiger partial charge >= 0.3 is 0 Å². The molecule has 92 valence electrons. The van der Waals surface area contributed by atoms with Crippen molar-refractivity contribution >= 4 is 11.0 Å². The molecule has 3 heteroatoms. The number of aryl methyl sites for hydroxylation is 1. The van der Waals surface area contributed by atoms with Gasteiger partial charge in [-0.25, -0.2) is 4.98 Å². The predicted molar refractivity (Wildman–Crippen MR) is 72.0 cm³/mol. The lowest BCUT2D eigenvalue weighted by molar-refractivity contribution is 0.512. The van der Waals surface area contributed by atoms with E-state index < -0.39 is 0 Å². The molecule has 0 bridgehead atoms. The Hall–Kier alpha value is -1.35. The van der Waals surface area contributed by atoms with E-state index in [0.717, 1.165) is 23.4 Å². The number of hydrogen-bond acceptors (Lipinski definition) is 2. The van der Waals surface area contributed by atoms with Crippen LogP contribution in [-0.4, -0.2) is 9.55 Å². The van der Waals surface area contributed by atoms with Crippen LogP contribution in [0.25, 0.3) is 11.0 Å². The van der Waals surface area contributed by atoms with Gasteiger partial charge < -0.3 is 10.3 Å². The summed E-state index contributed by atoms with van der Waals surface area (Å²) >= 11 is 0. The number of aromatic nitrogens is 2. The molecule has 0 radical (unpaired) electrons. The summed E-state index contributed by atoms with van der Waals surface area (Å²) in [7, 11) is 0. The number of benzene rings is 1. The summed E-state index contributed by atoms with van der Waals surface area (Å²) in [6.45, 7) is 10.3. The average molecular weight is 231 g/mol. The van der Waals surface area contributed by atoms with E-state index in [1.807, 2.05) is 0 Å². The number of imidazole rings is 1. The number of nitrogens with zero attached hydrogens (tertiary/aromatic N) is 2. The third kappa shape index (κ3) is 2.07. The Labute approximate surface area is 103 Å². The molecular formula is C14H21N3. The third-order valence-electron chi connectivity index (χ3n) is 3.04. The van der Waals surface area contributed by atoms with Crippen LogP contribution in [0.3, 0.4) is 0 Å². The van der Waals surface area contributed by atoms with Crippen molar-refractivity contribution in [2.75, 3.05) is 0 Å². The number of fused-ring (bicyclic) bond motifs is 1. The van der Waals surface area contributed by atoms with E-state index in [1.54, 1.807) is 0 Å². The second-order valence-corrected chi connectivity index (χ2v) is 5.46. The maximum absolute atomic E-state index is 5.67. The lowest BCUT2D eigenvalue weighted by atomic mass is 9.96. The van der Waals surface area contributed by atoms with E-state index in [0.29, 0.717) is 6.54 Å². The summed E-state index contributed by atoms with van der Waals surface area (Å²) in [5, 5.41) is 0. The first-order valence-electron chi connectivity index (χ1n) is 6.17. The zero-order chi connectivity index (χ0) is 12.6. The molecule has 0 amide bonds. The largest absolute Gasteiger partial charge is 0.328 e. The first-order valence-corrected chi connectivity index (χ1v) is 6.17. The normalized spacial score (nSPS) is 12.3. The van der Waals surface area contributed by atoms with E-state index >= 15 is 0 Å². The lowest BCUT2D eigenvalue weighted by Crippen LogP contribution is -2.18. The Balaban J connectivity index is 2.70. The van der Waals surface area contributed by atoms with Gasteiger partial charge in [0.15, 0.2) is 0 Å². The number of hydrogen-bond donors (Lipinski definition) is 1. The highest BCUT2D eigenvalue weighted by Crippen LogP contribution is 2.26. The van der Waals surface area contributed by atoms with Gasteiger partial charge in [-0.3, -0.25) is 0 Å². The summed E-state index contributed by atoms with van der Waals surface area (Å²) in [6, 6.07) is 6.31. The van der Waals surface area contributed by atoms with Crippen molar-refractivity contribution in [1.29, 1.82) is 0 Å². The van der Waals surface area contributed by atoms with Gasteiger partial charge in [0.25, 0.3) is 0 Å². The minimum absolute atomic E-state index is 0.0674. The highest BCUT2D eigenvalue weighted by Gasteiger charge is 2.22. The van der Waals surface area contributed by atoms with E-state index in [2.05, 4.69) is 50.5 Å². The Morgan fingerprint density at radius 3 is 2.53 bits per heavy atom. The fourth-order valence-corrected chi connectivity index (χ4v) is 2.20. The topological polar surface area (TPSA) is 43.8 Å². The third-order valence-corrected chi connectivity index (χ3v) is 3.04. The number of nitrogens with two attached hydrogens (primary N) is 1. The molecular weight excluding hydrogens is 210 g/mol. The van der Waals surface area contributed by atoms with Crippen molar-refractivity contribution < 1.29 is 0 Å². The van der Waals surface area contributed by atoms with Gasteiger partial charge in [0.1, 0.15) is 5.82 Å². The molecule has 0 saturated carbocycles. The van der Waals surface area contributed by atoms with Crippen molar-refractivity contribution in [3.63, 3.8) is 0 Å². The molecule has 2 N–H and O–H groups in total. The van der Waals surface area contributed by atoms with Crippen LogP contribution in [0, 0.1) is 0 Å². The maximum atomic E-state index is 5.67. The van der Waals surface area contributed by atoms with Crippen LogP contribution in [-0.2, 0) is 18.5 Å². The molecule has 0 saturated heterocycles. The van der Waals surface area contributed by atoms with Crippen LogP contribution in [0.5, 0.6) is 0 Å². The molecule has 17 heavy (non-hydrogen) atoms. The Bertz CT molecular complexity index is 532. The maximum Gasteiger partial charge on any atom is 0.115 e. The first kappa shape index (κ1) is 12.1. The van der Waals surface area contributed by atoms with Gasteiger partial charge in [0.05, 0.1) is 11.0 Å². The fourth-order valence-electron chi connectivity index (χ4n) is 2.20. The van der Waals surface area contributed by atoms with Crippen molar-refractivity contribution in [3.05, 3.63) is 29.6 Å². The van der Waals surface area contributed by atoms with Crippen LogP contribution >= 0.6 is 0 Å². The molecule has 0 unspecified atom stereocenters. The van der Waals surface area contributed by atoms with Gasteiger partial charge in [-0.2, -0.15) is 0 Å². The minimum atomic E-state index is 0.0674. The smallest absolute Gasteiger partial charge is 0.115 e. The summed E-state index contributed by atoms with van der Waals surface area (Å²) in [5.74, 6) is 1.14.